The molecule has 5 amide bonds. The molecule has 6 atom stereocenters. The minimum absolute atomic E-state index is 0.0916. The second kappa shape index (κ2) is 23.7. The van der Waals surface area contributed by atoms with Crippen LogP contribution in [0.15, 0.2) is 0 Å². The largest absolute Gasteiger partial charge is 0.379 e. The third-order valence-electron chi connectivity index (χ3n) is 10.0. The number of nitrogens with two attached hydrogens (primary N) is 2. The van der Waals surface area contributed by atoms with E-state index in [1.807, 2.05) is 20.8 Å². The topological polar surface area (TPSA) is 201 Å². The Balaban J connectivity index is 2.64. The summed E-state index contributed by atoms with van der Waals surface area (Å²) < 4.78 is 5.72. The molecule has 0 bridgehead atoms. The van der Waals surface area contributed by atoms with Gasteiger partial charge in [0, 0.05) is 32.8 Å². The Labute approximate surface area is 306 Å². The molecule has 0 aromatic rings. The number of nitrogens with one attached hydrogen (secondary N) is 4. The van der Waals surface area contributed by atoms with Gasteiger partial charge in [0.1, 0.15) is 24.2 Å². The third-order valence-corrected chi connectivity index (χ3v) is 10.0. The highest BCUT2D eigenvalue weighted by Crippen LogP contribution is 2.27. The Hall–Kier alpha value is -2.81. The van der Waals surface area contributed by atoms with E-state index in [1.165, 1.54) is 0 Å². The Kier molecular flexibility index (Phi) is 20.6. The molecule has 294 valence electrons. The van der Waals surface area contributed by atoms with E-state index in [0.29, 0.717) is 45.5 Å². The minimum atomic E-state index is -1.16. The van der Waals surface area contributed by atoms with Crippen molar-refractivity contribution in [3.8, 4) is 0 Å². The molecule has 2 rings (SSSR count). The maximum atomic E-state index is 14.6. The van der Waals surface area contributed by atoms with Crippen molar-refractivity contribution in [2.45, 2.75) is 148 Å². The number of amides is 5. The van der Waals surface area contributed by atoms with E-state index in [9.17, 15) is 24.0 Å². The lowest BCUT2D eigenvalue weighted by Gasteiger charge is -2.39. The summed E-state index contributed by atoms with van der Waals surface area (Å²) in [6.45, 7) is 11.5. The van der Waals surface area contributed by atoms with Crippen LogP contribution in [-0.4, -0.2) is 122 Å². The van der Waals surface area contributed by atoms with Crippen LogP contribution in [0.3, 0.4) is 0 Å². The highest BCUT2D eigenvalue weighted by Gasteiger charge is 2.39. The number of unbranched alkanes of at least 4 members (excludes halogenated alkanes) is 2. The molecule has 0 radical (unpaired) electrons. The number of carbonyl (C=O) groups is 5. The predicted molar refractivity (Wildman–Crippen MR) is 199 cm³/mol. The molecule has 2 fully saturated rings. The van der Waals surface area contributed by atoms with Gasteiger partial charge in [-0.25, -0.2) is 0 Å². The molecule has 1 saturated carbocycles. The van der Waals surface area contributed by atoms with Crippen molar-refractivity contribution >= 4 is 29.5 Å². The van der Waals surface area contributed by atoms with Crippen LogP contribution in [0.25, 0.3) is 0 Å². The summed E-state index contributed by atoms with van der Waals surface area (Å²) in [6.07, 6.45) is 9.45. The fraction of sp³-hybridized carbons (Fsp3) is 0.865. The quantitative estimate of drug-likeness (QED) is 0.135. The van der Waals surface area contributed by atoms with E-state index < -0.39 is 54.0 Å². The summed E-state index contributed by atoms with van der Waals surface area (Å²) in [7, 11) is 1.69. The molecule has 1 unspecified atom stereocenters. The smallest absolute Gasteiger partial charge is 0.245 e. The highest BCUT2D eigenvalue weighted by atomic mass is 16.5. The first-order valence-corrected chi connectivity index (χ1v) is 19.6. The van der Waals surface area contributed by atoms with E-state index in [0.717, 1.165) is 57.8 Å². The summed E-state index contributed by atoms with van der Waals surface area (Å²) in [6, 6.07) is -4.86. The maximum absolute atomic E-state index is 14.6. The SMILES string of the molecule is CCCC[C@H]1C(=O)N(C)[C@@H](CC(C)C)C(=O)NC(C2CCCCC2)C(=O)N[C@@H](CN)C(=O)N[C@@H](COCCCN)C(=O)N[C@H](C)CN1CCCC. The lowest BCUT2D eigenvalue weighted by molar-refractivity contribution is -0.145. The molecular weight excluding hydrogens is 652 g/mol. The lowest BCUT2D eigenvalue weighted by Crippen LogP contribution is -2.63. The van der Waals surface area contributed by atoms with Gasteiger partial charge in [-0.1, -0.05) is 66.2 Å². The molecule has 0 aromatic heterocycles. The minimum Gasteiger partial charge on any atom is -0.379 e. The van der Waals surface area contributed by atoms with E-state index in [4.69, 9.17) is 16.2 Å². The van der Waals surface area contributed by atoms with E-state index in [1.54, 1.807) is 11.9 Å². The van der Waals surface area contributed by atoms with Crippen LogP contribution < -0.4 is 32.7 Å². The number of hydrogen-bond donors (Lipinski definition) is 6. The summed E-state index contributed by atoms with van der Waals surface area (Å²) in [4.78, 5) is 73.9. The fourth-order valence-electron chi connectivity index (χ4n) is 7.06. The van der Waals surface area contributed by atoms with Crippen LogP contribution in [0.5, 0.6) is 0 Å². The number of nitrogens with zero attached hydrogens (tertiary/aromatic N) is 2. The molecule has 0 spiro atoms. The van der Waals surface area contributed by atoms with Gasteiger partial charge >= 0.3 is 0 Å². The van der Waals surface area contributed by atoms with Gasteiger partial charge in [-0.3, -0.25) is 28.9 Å². The van der Waals surface area contributed by atoms with Crippen molar-refractivity contribution in [1.29, 1.82) is 0 Å². The molecule has 2 aliphatic rings. The standard InChI is InChI=1S/C37H70N8O6/c1-7-9-17-30-37(50)44(6)31(21-25(3)4)35(48)43-32(27-15-12-11-13-16-27)36(49)41-28(22-39)33(46)42-29(24-51-20-14-18-38)34(47)40-26(5)23-45(30)19-10-8-2/h25-32H,7-24,38-39H2,1-6H3,(H,40,47)(H,41,49)(H,42,46)(H,43,48)/t26-,28+,29+,30+,31+,32?/m1/s1. The van der Waals surface area contributed by atoms with Crippen LogP contribution >= 0.6 is 0 Å². The first-order valence-electron chi connectivity index (χ1n) is 19.6. The van der Waals surface area contributed by atoms with E-state index in [2.05, 4.69) is 40.0 Å². The zero-order valence-electron chi connectivity index (χ0n) is 32.3. The third kappa shape index (κ3) is 14.6. The summed E-state index contributed by atoms with van der Waals surface area (Å²) in [5.41, 5.74) is 11.6. The van der Waals surface area contributed by atoms with Crippen molar-refractivity contribution < 1.29 is 28.7 Å². The summed E-state index contributed by atoms with van der Waals surface area (Å²) in [5, 5.41) is 11.6. The summed E-state index contributed by atoms with van der Waals surface area (Å²) >= 11 is 0. The number of rotatable bonds is 15. The fourth-order valence-corrected chi connectivity index (χ4v) is 7.06. The van der Waals surface area contributed by atoms with Gasteiger partial charge in [0.2, 0.25) is 29.5 Å². The number of hydrogen-bond acceptors (Lipinski definition) is 9. The molecule has 14 nitrogen and oxygen atoms in total. The zero-order valence-corrected chi connectivity index (χ0v) is 32.3. The second-order valence-corrected chi connectivity index (χ2v) is 15.0. The predicted octanol–water partition coefficient (Wildman–Crippen LogP) is 1.40. The Morgan fingerprint density at radius 2 is 1.45 bits per heavy atom. The van der Waals surface area contributed by atoms with Gasteiger partial charge < -0.3 is 42.4 Å². The van der Waals surface area contributed by atoms with Crippen LogP contribution in [0.4, 0.5) is 0 Å². The van der Waals surface area contributed by atoms with Gasteiger partial charge in [0.05, 0.1) is 12.6 Å². The lowest BCUT2D eigenvalue weighted by atomic mass is 9.83. The van der Waals surface area contributed by atoms with Crippen LogP contribution in [-0.2, 0) is 28.7 Å². The van der Waals surface area contributed by atoms with Crippen molar-refractivity contribution in [2.75, 3.05) is 46.4 Å². The first-order chi connectivity index (χ1) is 24.4. The highest BCUT2D eigenvalue weighted by molar-refractivity contribution is 5.96. The van der Waals surface area contributed by atoms with Crippen molar-refractivity contribution in [3.05, 3.63) is 0 Å². The zero-order chi connectivity index (χ0) is 37.9. The van der Waals surface area contributed by atoms with Crippen molar-refractivity contribution in [3.63, 3.8) is 0 Å². The van der Waals surface area contributed by atoms with Crippen LogP contribution in [0.1, 0.15) is 112 Å². The van der Waals surface area contributed by atoms with Gasteiger partial charge in [0.25, 0.3) is 0 Å². The molecular formula is C37H70N8O6. The van der Waals surface area contributed by atoms with Crippen molar-refractivity contribution in [2.24, 2.45) is 23.3 Å². The van der Waals surface area contributed by atoms with Crippen LogP contribution in [0.2, 0.25) is 0 Å². The Morgan fingerprint density at radius 1 is 0.804 bits per heavy atom. The van der Waals surface area contributed by atoms with Crippen LogP contribution in [0, 0.1) is 11.8 Å². The van der Waals surface area contributed by atoms with E-state index in [-0.39, 0.29) is 36.8 Å². The molecule has 1 aliphatic heterocycles. The number of carbonyl (C=O) groups excluding carboxylic acids is 5. The van der Waals surface area contributed by atoms with Gasteiger partial charge in [-0.15, -0.1) is 0 Å². The van der Waals surface area contributed by atoms with E-state index >= 15 is 0 Å². The normalized spacial score (nSPS) is 27.4. The Morgan fingerprint density at radius 3 is 2.06 bits per heavy atom. The summed E-state index contributed by atoms with van der Waals surface area (Å²) in [5.74, 6) is -2.17. The molecule has 1 aliphatic carbocycles. The molecule has 0 aromatic carbocycles. The maximum Gasteiger partial charge on any atom is 0.245 e. The van der Waals surface area contributed by atoms with Gasteiger partial charge in [-0.05, 0) is 70.4 Å². The molecule has 14 heteroatoms. The monoisotopic (exact) mass is 723 g/mol. The molecule has 8 N–H and O–H groups in total. The van der Waals surface area contributed by atoms with Crippen molar-refractivity contribution in [1.82, 2.24) is 31.1 Å². The van der Waals surface area contributed by atoms with Gasteiger partial charge in [0.15, 0.2) is 0 Å². The number of likely N-dealkylation sites (N-methyl/N-ethyl adjacent to an activating group) is 1. The first kappa shape index (κ1) is 44.4. The molecule has 51 heavy (non-hydrogen) atoms. The molecule has 1 heterocycles. The van der Waals surface area contributed by atoms with Gasteiger partial charge in [-0.2, -0.15) is 0 Å². The average Bonchev–Trinajstić information content (AvgIpc) is 3.11. The number of ether oxygens (including phenoxy) is 1. The average molecular weight is 723 g/mol. The second-order valence-electron chi connectivity index (χ2n) is 15.0. The molecule has 1 saturated heterocycles. The Bertz CT molecular complexity index is 1090.